The number of anilines is 1. The van der Waals surface area contributed by atoms with Gasteiger partial charge in [0.1, 0.15) is 0 Å². The molecule has 0 radical (unpaired) electrons. The number of nitrogens with zero attached hydrogens (tertiary/aromatic N) is 2. The Morgan fingerprint density at radius 3 is 2.33 bits per heavy atom. The van der Waals surface area contributed by atoms with Crippen LogP contribution in [0.5, 0.6) is 0 Å². The zero-order chi connectivity index (χ0) is 14.0. The van der Waals surface area contributed by atoms with Gasteiger partial charge in [0.25, 0.3) is 0 Å². The van der Waals surface area contributed by atoms with E-state index in [0.29, 0.717) is 17.9 Å². The van der Waals surface area contributed by atoms with Crippen LogP contribution in [0.3, 0.4) is 0 Å². The summed E-state index contributed by atoms with van der Waals surface area (Å²) in [6.45, 7) is 6.52. The fraction of sp³-hybridized carbons (Fsp3) is 0.800. The molecule has 1 heterocycles. The average molecular weight is 302 g/mol. The molecule has 1 aromatic rings. The molecule has 1 unspecified atom stereocenters. The van der Waals surface area contributed by atoms with Crippen LogP contribution in [0.25, 0.3) is 0 Å². The predicted molar refractivity (Wildman–Crippen MR) is 67.1 cm³/mol. The van der Waals surface area contributed by atoms with Crippen molar-refractivity contribution in [3.8, 4) is 0 Å². The molecule has 1 aromatic heterocycles. The fourth-order valence-electron chi connectivity index (χ4n) is 1.34. The Morgan fingerprint density at radius 1 is 1.28 bits per heavy atom. The zero-order valence-corrected chi connectivity index (χ0v) is 11.9. The summed E-state index contributed by atoms with van der Waals surface area (Å²) in [6, 6.07) is 0. The first-order valence-electron chi connectivity index (χ1n) is 5.36. The molecule has 3 nitrogen and oxygen atoms in total. The molecule has 1 atom stereocenters. The third-order valence-electron chi connectivity index (χ3n) is 1.98. The van der Waals surface area contributed by atoms with Crippen LogP contribution >= 0.6 is 22.9 Å². The van der Waals surface area contributed by atoms with Crippen LogP contribution in [-0.2, 0) is 6.18 Å². The predicted octanol–water partition coefficient (Wildman–Crippen LogP) is 4.01. The number of hydrogen-bond acceptors (Lipinski definition) is 4. The van der Waals surface area contributed by atoms with Gasteiger partial charge in [0.2, 0.25) is 10.1 Å². The van der Waals surface area contributed by atoms with Gasteiger partial charge in [0, 0.05) is 6.54 Å². The summed E-state index contributed by atoms with van der Waals surface area (Å²) in [4.78, 5) is 0. The zero-order valence-electron chi connectivity index (χ0n) is 10.3. The Hall–Kier alpha value is -0.560. The topological polar surface area (TPSA) is 37.8 Å². The van der Waals surface area contributed by atoms with Gasteiger partial charge in [-0.3, -0.25) is 0 Å². The summed E-state index contributed by atoms with van der Waals surface area (Å²) < 4.78 is 36.8. The molecule has 0 aromatic carbocycles. The standard InChI is InChI=1S/C10H15ClF3N3S/c1-9(2,3)4-6(11)5-15-8-17-16-7(18-8)10(12,13)14/h6H,4-5H2,1-3H3,(H,15,17). The molecule has 18 heavy (non-hydrogen) atoms. The van der Waals surface area contributed by atoms with Crippen LogP contribution in [0.2, 0.25) is 0 Å². The van der Waals surface area contributed by atoms with E-state index in [1.165, 1.54) is 0 Å². The van der Waals surface area contributed by atoms with E-state index in [9.17, 15) is 13.2 Å². The third kappa shape index (κ3) is 5.39. The highest BCUT2D eigenvalue weighted by atomic mass is 35.5. The van der Waals surface area contributed by atoms with Crippen molar-refractivity contribution in [2.75, 3.05) is 11.9 Å². The van der Waals surface area contributed by atoms with E-state index < -0.39 is 11.2 Å². The van der Waals surface area contributed by atoms with Crippen molar-refractivity contribution in [2.24, 2.45) is 5.41 Å². The SMILES string of the molecule is CC(C)(C)CC(Cl)CNc1nnc(C(F)(F)F)s1. The second kappa shape index (κ2) is 5.61. The summed E-state index contributed by atoms with van der Waals surface area (Å²) in [6.07, 6.45) is -3.68. The Kier molecular flexibility index (Phi) is 4.83. The van der Waals surface area contributed by atoms with Crippen molar-refractivity contribution in [3.05, 3.63) is 5.01 Å². The first kappa shape index (κ1) is 15.5. The van der Waals surface area contributed by atoms with Gasteiger partial charge in [-0.05, 0) is 11.8 Å². The molecule has 0 aliphatic heterocycles. The van der Waals surface area contributed by atoms with Crippen molar-refractivity contribution in [1.29, 1.82) is 0 Å². The van der Waals surface area contributed by atoms with Gasteiger partial charge in [0.05, 0.1) is 5.38 Å². The molecule has 1 rings (SSSR count). The molecule has 0 aliphatic carbocycles. The van der Waals surface area contributed by atoms with Crippen LogP contribution in [0.15, 0.2) is 0 Å². The first-order valence-corrected chi connectivity index (χ1v) is 6.62. The van der Waals surface area contributed by atoms with E-state index in [-0.39, 0.29) is 15.9 Å². The van der Waals surface area contributed by atoms with Gasteiger partial charge in [-0.15, -0.1) is 21.8 Å². The van der Waals surface area contributed by atoms with Crippen molar-refractivity contribution >= 4 is 28.1 Å². The summed E-state index contributed by atoms with van der Waals surface area (Å²) in [5.74, 6) is 0. The van der Waals surface area contributed by atoms with Gasteiger partial charge in [-0.2, -0.15) is 13.2 Å². The number of nitrogens with one attached hydrogen (secondary N) is 1. The lowest BCUT2D eigenvalue weighted by atomic mass is 9.90. The molecular formula is C10H15ClF3N3S. The molecule has 0 aliphatic rings. The highest BCUT2D eigenvalue weighted by Crippen LogP contribution is 2.33. The van der Waals surface area contributed by atoms with E-state index in [0.717, 1.165) is 6.42 Å². The summed E-state index contributed by atoms with van der Waals surface area (Å²) >= 11 is 6.57. The minimum absolute atomic E-state index is 0.0757. The van der Waals surface area contributed by atoms with Crippen molar-refractivity contribution in [1.82, 2.24) is 10.2 Å². The lowest BCUT2D eigenvalue weighted by Gasteiger charge is -2.21. The Morgan fingerprint density at radius 2 is 1.89 bits per heavy atom. The highest BCUT2D eigenvalue weighted by molar-refractivity contribution is 7.15. The second-order valence-corrected chi connectivity index (χ2v) is 6.75. The van der Waals surface area contributed by atoms with Crippen LogP contribution < -0.4 is 5.32 Å². The normalized spacial score (nSPS) is 14.6. The number of alkyl halides is 4. The Bertz CT molecular complexity index is 386. The number of rotatable bonds is 4. The van der Waals surface area contributed by atoms with Crippen LogP contribution in [0.1, 0.15) is 32.2 Å². The smallest absolute Gasteiger partial charge is 0.359 e. The molecule has 0 saturated carbocycles. The van der Waals surface area contributed by atoms with Crippen LogP contribution in [0.4, 0.5) is 18.3 Å². The second-order valence-electron chi connectivity index (χ2n) is 5.15. The molecule has 8 heteroatoms. The quantitative estimate of drug-likeness (QED) is 0.854. The summed E-state index contributed by atoms with van der Waals surface area (Å²) in [5, 5.41) is 8.31. The van der Waals surface area contributed by atoms with E-state index in [4.69, 9.17) is 11.6 Å². The maximum Gasteiger partial charge on any atom is 0.445 e. The van der Waals surface area contributed by atoms with Gasteiger partial charge in [-0.25, -0.2) is 0 Å². The summed E-state index contributed by atoms with van der Waals surface area (Å²) in [5.41, 5.74) is 0.0757. The molecule has 0 saturated heterocycles. The number of hydrogen-bond donors (Lipinski definition) is 1. The highest BCUT2D eigenvalue weighted by Gasteiger charge is 2.35. The molecular weight excluding hydrogens is 287 g/mol. The Labute approximate surface area is 113 Å². The molecule has 0 fully saturated rings. The molecule has 0 bridgehead atoms. The average Bonchev–Trinajstić information content (AvgIpc) is 2.59. The molecule has 0 spiro atoms. The Balaban J connectivity index is 2.47. The molecule has 1 N–H and O–H groups in total. The van der Waals surface area contributed by atoms with E-state index in [2.05, 4.69) is 36.3 Å². The lowest BCUT2D eigenvalue weighted by Crippen LogP contribution is -2.20. The van der Waals surface area contributed by atoms with Crippen molar-refractivity contribution < 1.29 is 13.2 Å². The maximum atomic E-state index is 12.3. The van der Waals surface area contributed by atoms with Crippen LogP contribution in [-0.4, -0.2) is 22.1 Å². The van der Waals surface area contributed by atoms with Gasteiger partial charge in [-0.1, -0.05) is 32.1 Å². The van der Waals surface area contributed by atoms with E-state index in [1.54, 1.807) is 0 Å². The van der Waals surface area contributed by atoms with Crippen molar-refractivity contribution in [3.63, 3.8) is 0 Å². The number of halogens is 4. The maximum absolute atomic E-state index is 12.3. The molecule has 104 valence electrons. The van der Waals surface area contributed by atoms with Gasteiger partial charge in [0.15, 0.2) is 0 Å². The van der Waals surface area contributed by atoms with Crippen molar-refractivity contribution in [2.45, 2.75) is 38.7 Å². The largest absolute Gasteiger partial charge is 0.445 e. The third-order valence-corrected chi connectivity index (χ3v) is 3.21. The van der Waals surface area contributed by atoms with E-state index >= 15 is 0 Å². The van der Waals surface area contributed by atoms with Gasteiger partial charge < -0.3 is 5.32 Å². The summed E-state index contributed by atoms with van der Waals surface area (Å²) in [7, 11) is 0. The molecule has 0 amide bonds. The first-order chi connectivity index (χ1) is 8.08. The fourth-order valence-corrected chi connectivity index (χ4v) is 2.50. The minimum Gasteiger partial charge on any atom is -0.359 e. The van der Waals surface area contributed by atoms with Crippen LogP contribution in [0, 0.1) is 5.41 Å². The van der Waals surface area contributed by atoms with E-state index in [1.807, 2.05) is 0 Å². The lowest BCUT2D eigenvalue weighted by molar-refractivity contribution is -0.138. The van der Waals surface area contributed by atoms with Gasteiger partial charge >= 0.3 is 6.18 Å². The minimum atomic E-state index is -4.44. The number of aromatic nitrogens is 2. The monoisotopic (exact) mass is 301 g/mol.